The number of hydrogen-bond donors (Lipinski definition) is 3. The van der Waals surface area contributed by atoms with Crippen LogP contribution in [-0.2, 0) is 5.60 Å². The zero-order valence-electron chi connectivity index (χ0n) is 13.5. The van der Waals surface area contributed by atoms with Gasteiger partial charge in [0.2, 0.25) is 0 Å². The number of nitrogens with zero attached hydrogens (tertiary/aromatic N) is 2. The highest BCUT2D eigenvalue weighted by atomic mass is 32.1. The van der Waals surface area contributed by atoms with Crippen LogP contribution < -0.4 is 10.6 Å². The topological polar surface area (TPSA) is 59.9 Å². The van der Waals surface area contributed by atoms with Crippen LogP contribution in [0.25, 0.3) is 0 Å². The second-order valence-electron chi connectivity index (χ2n) is 5.30. The molecule has 3 N–H and O–H groups in total. The molecule has 0 spiro atoms. The van der Waals surface area contributed by atoms with Crippen molar-refractivity contribution in [1.82, 2.24) is 15.5 Å². The smallest absolute Gasteiger partial charge is 0.191 e. The van der Waals surface area contributed by atoms with E-state index in [1.54, 1.807) is 18.3 Å². The minimum Gasteiger partial charge on any atom is -0.383 e. The van der Waals surface area contributed by atoms with Gasteiger partial charge < -0.3 is 20.6 Å². The lowest BCUT2D eigenvalue weighted by Gasteiger charge is -2.21. The summed E-state index contributed by atoms with van der Waals surface area (Å²) in [6, 6.07) is 1.94. The second-order valence-corrected chi connectivity index (χ2v) is 6.08. The number of likely N-dealkylation sites (N-methyl/N-ethyl adjacent to an activating group) is 1. The average molecular weight is 312 g/mol. The monoisotopic (exact) mass is 312 g/mol. The molecular weight excluding hydrogens is 284 g/mol. The van der Waals surface area contributed by atoms with E-state index in [1.807, 2.05) is 23.8 Å². The second kappa shape index (κ2) is 9.02. The first-order valence-electron chi connectivity index (χ1n) is 7.45. The number of aliphatic hydroxyl groups is 1. The van der Waals surface area contributed by atoms with Gasteiger partial charge in [0.25, 0.3) is 0 Å². The molecule has 1 aromatic heterocycles. The summed E-state index contributed by atoms with van der Waals surface area (Å²) in [5.41, 5.74) is -0.0134. The minimum absolute atomic E-state index is 0.336. The first-order chi connectivity index (χ1) is 9.99. The van der Waals surface area contributed by atoms with Crippen molar-refractivity contribution < 1.29 is 5.11 Å². The fraction of sp³-hybridized carbons (Fsp3) is 0.667. The van der Waals surface area contributed by atoms with E-state index in [1.165, 1.54) is 0 Å². The molecule has 0 saturated carbocycles. The first-order valence-corrected chi connectivity index (χ1v) is 8.39. The zero-order valence-corrected chi connectivity index (χ0v) is 14.3. The van der Waals surface area contributed by atoms with Crippen LogP contribution >= 0.6 is 11.3 Å². The Morgan fingerprint density at radius 2 is 2.19 bits per heavy atom. The zero-order chi connectivity index (χ0) is 15.7. The number of hydrogen-bond acceptors (Lipinski definition) is 4. The van der Waals surface area contributed by atoms with Crippen molar-refractivity contribution in [3.63, 3.8) is 0 Å². The summed E-state index contributed by atoms with van der Waals surface area (Å²) >= 11 is 1.59. The molecule has 0 fully saturated rings. The molecule has 0 aliphatic heterocycles. The molecule has 0 aromatic carbocycles. The average Bonchev–Trinajstić information content (AvgIpc) is 2.99. The van der Waals surface area contributed by atoms with E-state index in [2.05, 4.69) is 34.5 Å². The van der Waals surface area contributed by atoms with Crippen molar-refractivity contribution in [3.05, 3.63) is 22.4 Å². The molecule has 5 nitrogen and oxygen atoms in total. The summed E-state index contributed by atoms with van der Waals surface area (Å²) in [6.07, 6.45) is 0. The summed E-state index contributed by atoms with van der Waals surface area (Å²) < 4.78 is 0. The summed E-state index contributed by atoms with van der Waals surface area (Å²) in [4.78, 5) is 6.73. The van der Waals surface area contributed by atoms with Crippen molar-refractivity contribution in [3.8, 4) is 0 Å². The van der Waals surface area contributed by atoms with E-state index in [9.17, 15) is 5.11 Å². The lowest BCUT2D eigenvalue weighted by atomic mass is 10.00. The fourth-order valence-corrected chi connectivity index (χ4v) is 2.54. The van der Waals surface area contributed by atoms with Crippen LogP contribution in [0.2, 0.25) is 0 Å². The van der Waals surface area contributed by atoms with Crippen molar-refractivity contribution in [2.75, 3.05) is 39.8 Å². The Balaban J connectivity index is 2.54. The molecule has 1 atom stereocenters. The Bertz CT molecular complexity index is 417. The van der Waals surface area contributed by atoms with E-state index in [4.69, 9.17) is 0 Å². The maximum Gasteiger partial charge on any atom is 0.191 e. The Labute approximate surface area is 132 Å². The van der Waals surface area contributed by atoms with Crippen LogP contribution in [0, 0.1) is 0 Å². The Morgan fingerprint density at radius 1 is 1.43 bits per heavy atom. The lowest BCUT2D eigenvalue weighted by Crippen LogP contribution is -2.41. The molecule has 1 rings (SSSR count). The molecule has 1 heterocycles. The molecule has 6 heteroatoms. The predicted octanol–water partition coefficient (Wildman–Crippen LogP) is 1.46. The van der Waals surface area contributed by atoms with Gasteiger partial charge in [0.15, 0.2) is 5.96 Å². The van der Waals surface area contributed by atoms with Crippen molar-refractivity contribution in [2.24, 2.45) is 4.99 Å². The fourth-order valence-electron chi connectivity index (χ4n) is 1.76. The van der Waals surface area contributed by atoms with E-state index in [0.29, 0.717) is 6.54 Å². The third-order valence-corrected chi connectivity index (χ3v) is 4.04. The van der Waals surface area contributed by atoms with E-state index in [-0.39, 0.29) is 0 Å². The quantitative estimate of drug-likeness (QED) is 0.502. The number of guanidine groups is 1. The van der Waals surface area contributed by atoms with Crippen LogP contribution in [0.3, 0.4) is 0 Å². The molecule has 120 valence electrons. The van der Waals surface area contributed by atoms with Gasteiger partial charge in [-0.1, -0.05) is 6.92 Å². The minimum atomic E-state index is -0.928. The summed E-state index contributed by atoms with van der Waals surface area (Å²) in [5, 5.41) is 20.9. The highest BCUT2D eigenvalue weighted by Crippen LogP contribution is 2.23. The van der Waals surface area contributed by atoms with Gasteiger partial charge in [0, 0.05) is 19.6 Å². The molecule has 0 amide bonds. The van der Waals surface area contributed by atoms with Gasteiger partial charge in [-0.2, -0.15) is 11.3 Å². The largest absolute Gasteiger partial charge is 0.383 e. The van der Waals surface area contributed by atoms with Crippen molar-refractivity contribution in [1.29, 1.82) is 0 Å². The third kappa shape index (κ3) is 6.46. The number of aliphatic imine (C=N–C) groups is 1. The molecule has 0 aliphatic carbocycles. The van der Waals surface area contributed by atoms with E-state index < -0.39 is 5.60 Å². The van der Waals surface area contributed by atoms with E-state index >= 15 is 0 Å². The van der Waals surface area contributed by atoms with Gasteiger partial charge in [-0.25, -0.2) is 4.99 Å². The Kier molecular flexibility index (Phi) is 7.71. The molecule has 0 aliphatic rings. The van der Waals surface area contributed by atoms with Crippen molar-refractivity contribution in [2.45, 2.75) is 26.4 Å². The summed E-state index contributed by atoms with van der Waals surface area (Å²) in [7, 11) is 2.09. The van der Waals surface area contributed by atoms with Gasteiger partial charge in [-0.3, -0.25) is 0 Å². The first kappa shape index (κ1) is 17.9. The Morgan fingerprint density at radius 3 is 2.76 bits per heavy atom. The highest BCUT2D eigenvalue weighted by Gasteiger charge is 2.23. The molecule has 0 saturated heterocycles. The molecule has 1 aromatic rings. The molecule has 1 unspecified atom stereocenters. The summed E-state index contributed by atoms with van der Waals surface area (Å²) in [5.74, 6) is 0.748. The molecule has 21 heavy (non-hydrogen) atoms. The van der Waals surface area contributed by atoms with Crippen LogP contribution in [0.15, 0.2) is 21.8 Å². The van der Waals surface area contributed by atoms with Gasteiger partial charge in [0.05, 0.1) is 6.54 Å². The van der Waals surface area contributed by atoms with Gasteiger partial charge in [-0.05, 0) is 49.8 Å². The SMILES string of the molecule is CCNC(=NCC(C)(O)c1ccsc1)NCCN(C)CC. The molecule has 0 radical (unpaired) electrons. The highest BCUT2D eigenvalue weighted by molar-refractivity contribution is 7.08. The standard InChI is InChI=1S/C15H28N4OS/c1-5-16-14(17-8-9-19(4)6-2)18-12-15(3,20)13-7-10-21-11-13/h7,10-11,20H,5-6,8-9,12H2,1-4H3,(H2,16,17,18). The van der Waals surface area contributed by atoms with Gasteiger partial charge in [0.1, 0.15) is 5.60 Å². The van der Waals surface area contributed by atoms with Gasteiger partial charge in [-0.15, -0.1) is 0 Å². The van der Waals surface area contributed by atoms with Crippen LogP contribution in [0.4, 0.5) is 0 Å². The predicted molar refractivity (Wildman–Crippen MR) is 91.0 cm³/mol. The van der Waals surface area contributed by atoms with Crippen LogP contribution in [0.5, 0.6) is 0 Å². The molecular formula is C15H28N4OS. The van der Waals surface area contributed by atoms with Crippen molar-refractivity contribution >= 4 is 17.3 Å². The number of rotatable bonds is 8. The normalized spacial score (nSPS) is 15.0. The maximum absolute atomic E-state index is 10.5. The van der Waals surface area contributed by atoms with Crippen LogP contribution in [0.1, 0.15) is 26.3 Å². The number of nitrogens with one attached hydrogen (secondary N) is 2. The molecule has 0 bridgehead atoms. The lowest BCUT2D eigenvalue weighted by molar-refractivity contribution is 0.0677. The Hall–Kier alpha value is -1.11. The maximum atomic E-state index is 10.5. The van der Waals surface area contributed by atoms with Crippen LogP contribution in [-0.4, -0.2) is 55.7 Å². The third-order valence-electron chi connectivity index (χ3n) is 3.36. The number of thiophene rings is 1. The van der Waals surface area contributed by atoms with Gasteiger partial charge >= 0.3 is 0 Å². The summed E-state index contributed by atoms with van der Waals surface area (Å²) in [6.45, 7) is 9.93. The van der Waals surface area contributed by atoms with E-state index in [0.717, 1.165) is 37.7 Å².